The Morgan fingerprint density at radius 1 is 1.18 bits per heavy atom. The summed E-state index contributed by atoms with van der Waals surface area (Å²) in [5.41, 5.74) is 4.58. The Morgan fingerprint density at radius 2 is 2.04 bits per heavy atom. The van der Waals surface area contributed by atoms with Crippen LogP contribution in [0, 0.1) is 0 Å². The van der Waals surface area contributed by atoms with Crippen molar-refractivity contribution in [3.8, 4) is 28.1 Å². The van der Waals surface area contributed by atoms with Gasteiger partial charge in [-0.15, -0.1) is 0 Å². The number of nitrogens with one attached hydrogen (secondary N) is 2. The van der Waals surface area contributed by atoms with Gasteiger partial charge in [-0.1, -0.05) is 17.3 Å². The van der Waals surface area contributed by atoms with Crippen molar-refractivity contribution in [2.45, 2.75) is 6.54 Å². The van der Waals surface area contributed by atoms with Crippen molar-refractivity contribution in [2.75, 3.05) is 7.11 Å². The number of H-pyrrole nitrogens is 1. The van der Waals surface area contributed by atoms with E-state index in [0.717, 1.165) is 28.0 Å². The summed E-state index contributed by atoms with van der Waals surface area (Å²) in [5.74, 6) is 0.546. The number of carbonyl (C=O) groups is 1. The van der Waals surface area contributed by atoms with Gasteiger partial charge in [-0.25, -0.2) is 0 Å². The lowest BCUT2D eigenvalue weighted by Crippen LogP contribution is -2.22. The minimum Gasteiger partial charge on any atom is -0.497 e. The van der Waals surface area contributed by atoms with Gasteiger partial charge in [0.05, 0.1) is 7.11 Å². The average molecular weight is 374 g/mol. The Morgan fingerprint density at radius 3 is 2.86 bits per heavy atom. The maximum Gasteiger partial charge on any atom is 0.267 e. The first kappa shape index (κ1) is 17.5. The van der Waals surface area contributed by atoms with Crippen LogP contribution in [0.25, 0.3) is 22.4 Å². The van der Waals surface area contributed by atoms with Crippen molar-refractivity contribution in [1.82, 2.24) is 20.4 Å². The lowest BCUT2D eigenvalue weighted by molar-refractivity contribution is 0.0946. The standard InChI is InChI=1S/C21H18N4O3/c1-27-17-4-2-3-15(9-17)18-13-28-25-20(18)16-10-19(23-12-16)21(26)24-11-14-5-7-22-8-6-14/h2-10,12-13,23H,11H2,1H3,(H,24,26). The zero-order chi connectivity index (χ0) is 19.3. The zero-order valence-corrected chi connectivity index (χ0v) is 15.2. The highest BCUT2D eigenvalue weighted by atomic mass is 16.5. The molecule has 0 saturated carbocycles. The molecule has 3 heterocycles. The van der Waals surface area contributed by atoms with Crippen molar-refractivity contribution >= 4 is 5.91 Å². The first-order chi connectivity index (χ1) is 13.7. The summed E-state index contributed by atoms with van der Waals surface area (Å²) in [5, 5.41) is 6.99. The van der Waals surface area contributed by atoms with Crippen molar-refractivity contribution in [3.63, 3.8) is 0 Å². The van der Waals surface area contributed by atoms with E-state index in [4.69, 9.17) is 9.26 Å². The topological polar surface area (TPSA) is 93.0 Å². The fourth-order valence-electron chi connectivity index (χ4n) is 2.88. The zero-order valence-electron chi connectivity index (χ0n) is 15.2. The maximum absolute atomic E-state index is 12.4. The third-order valence-electron chi connectivity index (χ3n) is 4.35. The molecule has 140 valence electrons. The van der Waals surface area contributed by atoms with Crippen LogP contribution in [-0.4, -0.2) is 28.1 Å². The van der Waals surface area contributed by atoms with Gasteiger partial charge in [0.1, 0.15) is 23.4 Å². The molecular formula is C21H18N4O3. The number of rotatable bonds is 6. The van der Waals surface area contributed by atoms with Crippen LogP contribution in [0.5, 0.6) is 5.75 Å². The first-order valence-electron chi connectivity index (χ1n) is 8.69. The Hall–Kier alpha value is -3.87. The third kappa shape index (κ3) is 3.64. The Labute approximate surface area is 161 Å². The van der Waals surface area contributed by atoms with Gasteiger partial charge in [0, 0.05) is 36.3 Å². The Bertz CT molecular complexity index is 1090. The summed E-state index contributed by atoms with van der Waals surface area (Å²) >= 11 is 0. The average Bonchev–Trinajstić information content (AvgIpc) is 3.42. The normalized spacial score (nSPS) is 10.6. The molecule has 1 amide bonds. The monoisotopic (exact) mass is 374 g/mol. The minimum absolute atomic E-state index is 0.200. The summed E-state index contributed by atoms with van der Waals surface area (Å²) < 4.78 is 10.5. The number of hydrogen-bond acceptors (Lipinski definition) is 5. The summed E-state index contributed by atoms with van der Waals surface area (Å²) in [7, 11) is 1.62. The van der Waals surface area contributed by atoms with E-state index in [2.05, 4.69) is 20.4 Å². The van der Waals surface area contributed by atoms with Crippen molar-refractivity contribution in [1.29, 1.82) is 0 Å². The third-order valence-corrected chi connectivity index (χ3v) is 4.35. The van der Waals surface area contributed by atoms with E-state index in [1.54, 1.807) is 38.0 Å². The predicted octanol–water partition coefficient (Wildman–Crippen LogP) is 3.67. The van der Waals surface area contributed by atoms with Crippen LogP contribution in [0.1, 0.15) is 16.1 Å². The molecule has 7 heteroatoms. The molecular weight excluding hydrogens is 356 g/mol. The van der Waals surface area contributed by atoms with Crippen LogP contribution < -0.4 is 10.1 Å². The maximum atomic E-state index is 12.4. The van der Waals surface area contributed by atoms with Gasteiger partial charge in [-0.3, -0.25) is 9.78 Å². The quantitative estimate of drug-likeness (QED) is 0.537. The fourth-order valence-corrected chi connectivity index (χ4v) is 2.88. The number of amides is 1. The second kappa shape index (κ2) is 7.79. The van der Waals surface area contributed by atoms with Gasteiger partial charge in [-0.2, -0.15) is 0 Å². The predicted molar refractivity (Wildman–Crippen MR) is 104 cm³/mol. The molecule has 0 saturated heterocycles. The highest BCUT2D eigenvalue weighted by Crippen LogP contribution is 2.33. The molecule has 7 nitrogen and oxygen atoms in total. The molecule has 1 aromatic carbocycles. The summed E-state index contributed by atoms with van der Waals surface area (Å²) in [4.78, 5) is 19.4. The molecule has 2 N–H and O–H groups in total. The van der Waals surface area contributed by atoms with Crippen molar-refractivity contribution < 1.29 is 14.1 Å². The lowest BCUT2D eigenvalue weighted by atomic mass is 10.0. The molecule has 0 spiro atoms. The first-order valence-corrected chi connectivity index (χ1v) is 8.69. The van der Waals surface area contributed by atoms with E-state index in [-0.39, 0.29) is 5.91 Å². The number of ether oxygens (including phenoxy) is 1. The lowest BCUT2D eigenvalue weighted by Gasteiger charge is -2.04. The van der Waals surface area contributed by atoms with E-state index in [1.165, 1.54) is 0 Å². The highest BCUT2D eigenvalue weighted by Gasteiger charge is 2.16. The summed E-state index contributed by atoms with van der Waals surface area (Å²) in [6.07, 6.45) is 6.71. The number of methoxy groups -OCH3 is 1. The van der Waals surface area contributed by atoms with E-state index in [1.807, 2.05) is 36.4 Å². The smallest absolute Gasteiger partial charge is 0.267 e. The van der Waals surface area contributed by atoms with Crippen LogP contribution >= 0.6 is 0 Å². The molecule has 3 aromatic heterocycles. The van der Waals surface area contributed by atoms with Crippen LogP contribution in [0.3, 0.4) is 0 Å². The molecule has 4 rings (SSSR count). The number of benzene rings is 1. The fraction of sp³-hybridized carbons (Fsp3) is 0.0952. The Kier molecular flexibility index (Phi) is 4.88. The second-order valence-corrected chi connectivity index (χ2v) is 6.15. The molecule has 0 aliphatic heterocycles. The van der Waals surface area contributed by atoms with Crippen LogP contribution in [0.2, 0.25) is 0 Å². The van der Waals surface area contributed by atoms with E-state index < -0.39 is 0 Å². The summed E-state index contributed by atoms with van der Waals surface area (Å²) in [6.45, 7) is 0.425. The van der Waals surface area contributed by atoms with Crippen molar-refractivity contribution in [3.05, 3.63) is 78.6 Å². The van der Waals surface area contributed by atoms with E-state index in [0.29, 0.717) is 17.9 Å². The van der Waals surface area contributed by atoms with Crippen LogP contribution in [0.4, 0.5) is 0 Å². The van der Waals surface area contributed by atoms with Gasteiger partial charge in [0.25, 0.3) is 5.91 Å². The van der Waals surface area contributed by atoms with E-state index >= 15 is 0 Å². The molecule has 0 atom stereocenters. The van der Waals surface area contributed by atoms with Gasteiger partial charge >= 0.3 is 0 Å². The number of pyridine rings is 1. The largest absolute Gasteiger partial charge is 0.497 e. The molecule has 28 heavy (non-hydrogen) atoms. The Balaban J connectivity index is 1.53. The molecule has 0 bridgehead atoms. The molecule has 0 aliphatic carbocycles. The minimum atomic E-state index is -0.200. The van der Waals surface area contributed by atoms with Crippen molar-refractivity contribution in [2.24, 2.45) is 0 Å². The van der Waals surface area contributed by atoms with Gasteiger partial charge < -0.3 is 19.6 Å². The van der Waals surface area contributed by atoms with Crippen LogP contribution in [0.15, 0.2) is 71.8 Å². The van der Waals surface area contributed by atoms with Gasteiger partial charge in [0.15, 0.2) is 0 Å². The number of aromatic amines is 1. The molecule has 4 aromatic rings. The number of nitrogens with zero attached hydrogens (tertiary/aromatic N) is 2. The molecule has 0 aliphatic rings. The molecule has 0 radical (unpaired) electrons. The molecule has 0 unspecified atom stereocenters. The SMILES string of the molecule is COc1cccc(-c2conc2-c2c[nH]c(C(=O)NCc3ccncc3)c2)c1. The van der Waals surface area contributed by atoms with Gasteiger partial charge in [-0.05, 0) is 41.5 Å². The molecule has 0 fully saturated rings. The van der Waals surface area contributed by atoms with Gasteiger partial charge in [0.2, 0.25) is 0 Å². The van der Waals surface area contributed by atoms with Crippen LogP contribution in [-0.2, 0) is 6.54 Å². The second-order valence-electron chi connectivity index (χ2n) is 6.15. The number of aromatic nitrogens is 3. The highest BCUT2D eigenvalue weighted by molar-refractivity contribution is 5.94. The number of hydrogen-bond donors (Lipinski definition) is 2. The summed E-state index contributed by atoms with van der Waals surface area (Å²) in [6, 6.07) is 13.1. The number of carbonyl (C=O) groups excluding carboxylic acids is 1. The van der Waals surface area contributed by atoms with E-state index in [9.17, 15) is 4.79 Å².